The van der Waals surface area contributed by atoms with Crippen molar-refractivity contribution in [1.29, 1.82) is 0 Å². The summed E-state index contributed by atoms with van der Waals surface area (Å²) in [5.41, 5.74) is 2.98. The molecule has 1 heterocycles. The topological polar surface area (TPSA) is 72.5 Å². The molecular weight excluding hydrogens is 529 g/mol. The molecule has 190 valence electrons. The van der Waals surface area contributed by atoms with Crippen molar-refractivity contribution >= 4 is 45.6 Å². The maximum atomic E-state index is 13.1. The van der Waals surface area contributed by atoms with Gasteiger partial charge in [0.1, 0.15) is 24.7 Å². The first-order valence-corrected chi connectivity index (χ1v) is 13.5. The minimum atomic E-state index is -0.304. The molecule has 1 aliphatic rings. The Morgan fingerprint density at radius 2 is 1.51 bits per heavy atom. The maximum absolute atomic E-state index is 13.1. The number of nitrogens with one attached hydrogen (secondary N) is 2. The maximum Gasteiger partial charge on any atom is 0.257 e. The molecule has 4 aromatic rings. The first-order chi connectivity index (χ1) is 18.0. The molecule has 0 radical (unpaired) electrons. The van der Waals surface area contributed by atoms with Gasteiger partial charge >= 0.3 is 0 Å². The summed E-state index contributed by atoms with van der Waals surface area (Å²) in [6.45, 7) is 1.19. The number of thiazole rings is 1. The highest BCUT2D eigenvalue weighted by molar-refractivity contribution is 7.14. The first kappa shape index (κ1) is 25.5. The van der Waals surface area contributed by atoms with E-state index < -0.39 is 0 Å². The van der Waals surface area contributed by atoms with Gasteiger partial charge in [0.15, 0.2) is 5.13 Å². The van der Waals surface area contributed by atoms with Crippen LogP contribution in [0.5, 0.6) is 11.5 Å². The van der Waals surface area contributed by atoms with Gasteiger partial charge in [-0.25, -0.2) is 4.98 Å². The van der Waals surface area contributed by atoms with E-state index >= 15 is 0 Å². The van der Waals surface area contributed by atoms with Crippen molar-refractivity contribution in [1.82, 2.24) is 10.3 Å². The lowest BCUT2D eigenvalue weighted by atomic mass is 10.2. The van der Waals surface area contributed by atoms with Crippen molar-refractivity contribution in [2.24, 2.45) is 0 Å². The van der Waals surface area contributed by atoms with Gasteiger partial charge in [0.05, 0.1) is 5.69 Å². The lowest BCUT2D eigenvalue weighted by Crippen LogP contribution is -2.16. The van der Waals surface area contributed by atoms with Crippen LogP contribution in [0.1, 0.15) is 40.0 Å². The van der Waals surface area contributed by atoms with Gasteiger partial charge in [0.2, 0.25) is 0 Å². The fourth-order valence-corrected chi connectivity index (χ4v) is 4.66. The Balaban J connectivity index is 1.32. The molecule has 1 saturated carbocycles. The molecule has 2 N–H and O–H groups in total. The number of anilines is 1. The van der Waals surface area contributed by atoms with E-state index in [1.165, 1.54) is 24.2 Å². The third-order valence-electron chi connectivity index (χ3n) is 5.77. The van der Waals surface area contributed by atoms with Crippen molar-refractivity contribution in [3.05, 3.63) is 105 Å². The van der Waals surface area contributed by atoms with Crippen LogP contribution in [0, 0.1) is 0 Å². The number of carbonyl (C=O) groups excluding carboxylic acids is 1. The number of nitrogens with zero attached hydrogens (tertiary/aromatic N) is 1. The SMILES string of the molecule is O=C(Nc1nc(CNC2CC2)cs1)c1cc(OCc2ccccc2Cl)cc(OCc2ccccc2Cl)c1. The van der Waals surface area contributed by atoms with E-state index in [4.69, 9.17) is 32.7 Å². The zero-order valence-electron chi connectivity index (χ0n) is 19.9. The quantitative estimate of drug-likeness (QED) is 0.207. The van der Waals surface area contributed by atoms with E-state index in [1.807, 2.05) is 53.9 Å². The third-order valence-corrected chi connectivity index (χ3v) is 7.31. The van der Waals surface area contributed by atoms with Crippen LogP contribution in [0.15, 0.2) is 72.1 Å². The molecule has 1 aliphatic carbocycles. The zero-order valence-corrected chi connectivity index (χ0v) is 22.2. The number of carbonyl (C=O) groups is 1. The molecular formula is C28H25Cl2N3O3S. The van der Waals surface area contributed by atoms with Gasteiger partial charge in [-0.05, 0) is 37.1 Å². The van der Waals surface area contributed by atoms with Crippen LogP contribution in [0.25, 0.3) is 0 Å². The average molecular weight is 554 g/mol. The van der Waals surface area contributed by atoms with Gasteiger partial charge in [0.25, 0.3) is 5.91 Å². The van der Waals surface area contributed by atoms with Crippen molar-refractivity contribution < 1.29 is 14.3 Å². The van der Waals surface area contributed by atoms with E-state index in [0.717, 1.165) is 16.8 Å². The van der Waals surface area contributed by atoms with E-state index in [2.05, 4.69) is 15.6 Å². The van der Waals surface area contributed by atoms with Gasteiger partial charge in [-0.2, -0.15) is 0 Å². The van der Waals surface area contributed by atoms with Gasteiger partial charge < -0.3 is 14.8 Å². The average Bonchev–Trinajstić information content (AvgIpc) is 3.64. The lowest BCUT2D eigenvalue weighted by molar-refractivity contribution is 0.102. The van der Waals surface area contributed by atoms with Gasteiger partial charge in [-0.3, -0.25) is 10.1 Å². The lowest BCUT2D eigenvalue weighted by Gasteiger charge is -2.13. The van der Waals surface area contributed by atoms with E-state index in [9.17, 15) is 4.79 Å². The monoisotopic (exact) mass is 553 g/mol. The Hall–Kier alpha value is -3.10. The van der Waals surface area contributed by atoms with E-state index in [1.54, 1.807) is 18.2 Å². The molecule has 0 aliphatic heterocycles. The Kier molecular flexibility index (Phi) is 8.26. The van der Waals surface area contributed by atoms with Crippen LogP contribution < -0.4 is 20.1 Å². The standard InChI is InChI=1S/C28H25Cl2N3O3S/c29-25-7-3-1-5-18(25)15-35-23-11-20(12-24(13-23)36-16-19-6-2-4-8-26(19)30)27(34)33-28-32-22(17-37-28)14-31-21-9-10-21/h1-8,11-13,17,21,31H,9-10,14-16H2,(H,32,33,34). The fraction of sp³-hybridized carbons (Fsp3) is 0.214. The Labute approximate surface area is 229 Å². The van der Waals surface area contributed by atoms with Crippen molar-refractivity contribution in [2.45, 2.75) is 38.6 Å². The summed E-state index contributed by atoms with van der Waals surface area (Å²) >= 11 is 14.0. The second-order valence-electron chi connectivity index (χ2n) is 8.71. The van der Waals surface area contributed by atoms with E-state index in [-0.39, 0.29) is 19.1 Å². The minimum Gasteiger partial charge on any atom is -0.489 e. The Morgan fingerprint density at radius 3 is 2.08 bits per heavy atom. The highest BCUT2D eigenvalue weighted by atomic mass is 35.5. The van der Waals surface area contributed by atoms with Crippen molar-refractivity contribution in [3.8, 4) is 11.5 Å². The van der Waals surface area contributed by atoms with Gasteiger partial charge in [-0.15, -0.1) is 11.3 Å². The normalized spacial score (nSPS) is 12.8. The molecule has 0 spiro atoms. The number of benzene rings is 3. The number of ether oxygens (including phenoxy) is 2. The molecule has 1 aromatic heterocycles. The smallest absolute Gasteiger partial charge is 0.257 e. The van der Waals surface area contributed by atoms with Crippen LogP contribution >= 0.6 is 34.5 Å². The molecule has 3 aromatic carbocycles. The molecule has 5 rings (SSSR count). The number of amides is 1. The van der Waals surface area contributed by atoms with Crippen LogP contribution in [0.2, 0.25) is 10.0 Å². The summed E-state index contributed by atoms with van der Waals surface area (Å²) in [4.78, 5) is 17.7. The van der Waals surface area contributed by atoms with Gasteiger partial charge in [0, 0.05) is 50.8 Å². The number of halogens is 2. The molecule has 37 heavy (non-hydrogen) atoms. The predicted molar refractivity (Wildman–Crippen MR) is 148 cm³/mol. The summed E-state index contributed by atoms with van der Waals surface area (Å²) in [6, 6.07) is 20.6. The molecule has 0 unspecified atom stereocenters. The summed E-state index contributed by atoms with van der Waals surface area (Å²) in [5, 5.41) is 10.0. The number of rotatable bonds is 11. The van der Waals surface area contributed by atoms with E-state index in [0.29, 0.717) is 44.8 Å². The third kappa shape index (κ3) is 7.23. The van der Waals surface area contributed by atoms with Crippen LogP contribution in [-0.2, 0) is 19.8 Å². The molecule has 9 heteroatoms. The van der Waals surface area contributed by atoms with Gasteiger partial charge in [-0.1, -0.05) is 59.6 Å². The van der Waals surface area contributed by atoms with Crippen LogP contribution in [-0.4, -0.2) is 16.9 Å². The fourth-order valence-electron chi connectivity index (χ4n) is 3.57. The highest BCUT2D eigenvalue weighted by Gasteiger charge is 2.20. The predicted octanol–water partition coefficient (Wildman–Crippen LogP) is 7.11. The zero-order chi connectivity index (χ0) is 25.6. The number of hydrogen-bond donors (Lipinski definition) is 2. The molecule has 1 fully saturated rings. The summed E-state index contributed by atoms with van der Waals surface area (Å²) in [6.07, 6.45) is 2.42. The second-order valence-corrected chi connectivity index (χ2v) is 10.4. The van der Waals surface area contributed by atoms with Crippen LogP contribution in [0.4, 0.5) is 5.13 Å². The molecule has 6 nitrogen and oxygen atoms in total. The van der Waals surface area contributed by atoms with Crippen molar-refractivity contribution in [2.75, 3.05) is 5.32 Å². The Bertz CT molecular complexity index is 1320. The molecule has 0 bridgehead atoms. The minimum absolute atomic E-state index is 0.249. The Morgan fingerprint density at radius 1 is 0.919 bits per heavy atom. The number of hydrogen-bond acceptors (Lipinski definition) is 6. The molecule has 0 atom stereocenters. The summed E-state index contributed by atoms with van der Waals surface area (Å²) in [5.74, 6) is 0.659. The number of aromatic nitrogens is 1. The summed E-state index contributed by atoms with van der Waals surface area (Å²) < 4.78 is 12.0. The highest BCUT2D eigenvalue weighted by Crippen LogP contribution is 2.28. The first-order valence-electron chi connectivity index (χ1n) is 11.9. The van der Waals surface area contributed by atoms with Crippen LogP contribution in [0.3, 0.4) is 0 Å². The molecule has 0 saturated heterocycles. The van der Waals surface area contributed by atoms with Crippen molar-refractivity contribution in [3.63, 3.8) is 0 Å². The largest absolute Gasteiger partial charge is 0.489 e. The molecule has 1 amide bonds. The second kappa shape index (κ2) is 12.0. The summed E-state index contributed by atoms with van der Waals surface area (Å²) in [7, 11) is 0.